The number of carbonyl (C=O) groups is 2. The molecule has 2 aliphatic heterocycles. The summed E-state index contributed by atoms with van der Waals surface area (Å²) < 4.78 is 41.4. The van der Waals surface area contributed by atoms with Gasteiger partial charge in [-0.3, -0.25) is 9.59 Å². The van der Waals surface area contributed by atoms with Crippen LogP contribution < -0.4 is 15.4 Å². The fourth-order valence-corrected chi connectivity index (χ4v) is 5.56. The molecule has 0 bridgehead atoms. The highest BCUT2D eigenvalue weighted by molar-refractivity contribution is 6.13. The number of rotatable bonds is 5. The van der Waals surface area contributed by atoms with E-state index in [1.807, 2.05) is 11.0 Å². The van der Waals surface area contributed by atoms with Crippen molar-refractivity contribution < 1.29 is 27.5 Å². The zero-order chi connectivity index (χ0) is 29.3. The number of likely N-dealkylation sites (tertiary alicyclic amines) is 1. The molecule has 0 saturated carbocycles. The quantitative estimate of drug-likeness (QED) is 0.258. The van der Waals surface area contributed by atoms with Crippen LogP contribution in [0.4, 0.5) is 30.2 Å². The monoisotopic (exact) mass is 571 g/mol. The fourth-order valence-electron chi connectivity index (χ4n) is 5.56. The van der Waals surface area contributed by atoms with Gasteiger partial charge >= 0.3 is 6.36 Å². The lowest BCUT2D eigenvalue weighted by molar-refractivity contribution is -0.274. The molecule has 0 unspecified atom stereocenters. The molecule has 2 heterocycles. The average molecular weight is 572 g/mol. The highest BCUT2D eigenvalue weighted by Crippen LogP contribution is 2.36. The third kappa shape index (κ3) is 6.10. The van der Waals surface area contributed by atoms with E-state index < -0.39 is 6.36 Å². The number of ether oxygens (including phenoxy) is 1. The van der Waals surface area contributed by atoms with Crippen LogP contribution in [-0.2, 0) is 6.42 Å². The number of anilines is 3. The average Bonchev–Trinajstić information content (AvgIpc) is 3.12. The summed E-state index contributed by atoms with van der Waals surface area (Å²) in [5, 5.41) is 6.18. The first kappa shape index (κ1) is 27.4. The van der Waals surface area contributed by atoms with E-state index in [4.69, 9.17) is 0 Å². The molecular formula is C33H28F3N3O3. The van der Waals surface area contributed by atoms with Gasteiger partial charge in [-0.05, 0) is 84.3 Å². The second kappa shape index (κ2) is 11.2. The van der Waals surface area contributed by atoms with Crippen LogP contribution in [0.25, 0.3) is 11.1 Å². The largest absolute Gasteiger partial charge is 0.573 e. The first-order valence-electron chi connectivity index (χ1n) is 13.8. The lowest BCUT2D eigenvalue weighted by atomic mass is 9.90. The van der Waals surface area contributed by atoms with Crippen LogP contribution in [0.3, 0.4) is 0 Å². The van der Waals surface area contributed by atoms with E-state index in [1.54, 1.807) is 36.4 Å². The van der Waals surface area contributed by atoms with Gasteiger partial charge in [0.05, 0.1) is 22.6 Å². The van der Waals surface area contributed by atoms with E-state index in [2.05, 4.69) is 39.6 Å². The zero-order valence-electron chi connectivity index (χ0n) is 22.6. The van der Waals surface area contributed by atoms with Gasteiger partial charge < -0.3 is 20.3 Å². The molecule has 214 valence electrons. The van der Waals surface area contributed by atoms with E-state index in [1.165, 1.54) is 29.8 Å². The minimum absolute atomic E-state index is 0.0628. The molecule has 2 aliphatic rings. The topological polar surface area (TPSA) is 70.7 Å². The van der Waals surface area contributed by atoms with Crippen molar-refractivity contribution in [2.75, 3.05) is 23.7 Å². The third-order valence-electron chi connectivity index (χ3n) is 7.74. The summed E-state index contributed by atoms with van der Waals surface area (Å²) in [6.45, 7) is 1.38. The predicted molar refractivity (Wildman–Crippen MR) is 155 cm³/mol. The molecule has 1 saturated heterocycles. The first-order valence-corrected chi connectivity index (χ1v) is 13.8. The molecule has 1 fully saturated rings. The highest BCUT2D eigenvalue weighted by Gasteiger charge is 2.31. The minimum Gasteiger partial charge on any atom is -0.406 e. The van der Waals surface area contributed by atoms with E-state index in [9.17, 15) is 22.8 Å². The lowest BCUT2D eigenvalue weighted by Gasteiger charge is -2.32. The van der Waals surface area contributed by atoms with Crippen LogP contribution in [0.5, 0.6) is 5.75 Å². The maximum atomic E-state index is 13.4. The molecule has 0 atom stereocenters. The molecule has 4 aromatic carbocycles. The van der Waals surface area contributed by atoms with E-state index in [0.29, 0.717) is 58.3 Å². The number of alkyl halides is 3. The van der Waals surface area contributed by atoms with Crippen molar-refractivity contribution >= 4 is 28.9 Å². The summed E-state index contributed by atoms with van der Waals surface area (Å²) >= 11 is 0. The van der Waals surface area contributed by atoms with Gasteiger partial charge in [0.2, 0.25) is 0 Å². The van der Waals surface area contributed by atoms with Crippen molar-refractivity contribution in [2.45, 2.75) is 25.6 Å². The number of hydrogen-bond donors (Lipinski definition) is 2. The van der Waals surface area contributed by atoms with Gasteiger partial charge in [-0.2, -0.15) is 0 Å². The van der Waals surface area contributed by atoms with Crippen molar-refractivity contribution in [2.24, 2.45) is 5.92 Å². The summed E-state index contributed by atoms with van der Waals surface area (Å²) in [6.07, 6.45) is -1.87. The maximum absolute atomic E-state index is 13.4. The SMILES string of the molecule is O=C1Nc2cc(C(=O)N3CCC(Cc4ccccc4)CC3)ccc2Nc2ccc(-c3ccc(OC(F)(F)F)cc3)cc21. The summed E-state index contributed by atoms with van der Waals surface area (Å²) in [6, 6.07) is 26.3. The van der Waals surface area contributed by atoms with Gasteiger partial charge in [-0.1, -0.05) is 48.5 Å². The number of hydrogen-bond acceptors (Lipinski definition) is 4. The first-order chi connectivity index (χ1) is 20.2. The van der Waals surface area contributed by atoms with Crippen LogP contribution >= 0.6 is 0 Å². The standard InChI is InChI=1S/C33H28F3N3O3/c34-33(35,36)42-26-10-6-23(7-11-26)24-8-12-28-27(19-24)31(40)38-30-20-25(9-13-29(30)37-28)32(41)39-16-14-22(15-17-39)18-21-4-2-1-3-5-21/h1-13,19-20,22,37H,14-18H2,(H,38,40). The molecule has 0 spiro atoms. The summed E-state index contributed by atoms with van der Waals surface area (Å²) in [5.74, 6) is -0.201. The number of fused-ring (bicyclic) bond motifs is 2. The van der Waals surface area contributed by atoms with Crippen LogP contribution in [0, 0.1) is 5.92 Å². The Labute approximate surface area is 241 Å². The fraction of sp³-hybridized carbons (Fsp3) is 0.212. The number of carbonyl (C=O) groups excluding carboxylic acids is 2. The molecular weight excluding hydrogens is 543 g/mol. The summed E-state index contributed by atoms with van der Waals surface area (Å²) in [4.78, 5) is 28.5. The number of piperidine rings is 1. The third-order valence-corrected chi connectivity index (χ3v) is 7.74. The molecule has 0 aliphatic carbocycles. The molecule has 9 heteroatoms. The van der Waals surface area contributed by atoms with Crippen LogP contribution in [0.1, 0.15) is 39.1 Å². The molecule has 2 amide bonds. The van der Waals surface area contributed by atoms with Gasteiger partial charge in [0, 0.05) is 18.7 Å². The number of nitrogens with one attached hydrogen (secondary N) is 2. The number of halogens is 3. The van der Waals surface area contributed by atoms with Gasteiger partial charge in [0.15, 0.2) is 0 Å². The van der Waals surface area contributed by atoms with E-state index in [-0.39, 0.29) is 17.6 Å². The smallest absolute Gasteiger partial charge is 0.406 e. The maximum Gasteiger partial charge on any atom is 0.573 e. The highest BCUT2D eigenvalue weighted by atomic mass is 19.4. The molecule has 0 radical (unpaired) electrons. The van der Waals surface area contributed by atoms with E-state index in [0.717, 1.165) is 19.3 Å². The van der Waals surface area contributed by atoms with Gasteiger partial charge in [0.25, 0.3) is 11.8 Å². The molecule has 6 nitrogen and oxygen atoms in total. The Morgan fingerprint density at radius 1 is 0.810 bits per heavy atom. The van der Waals surface area contributed by atoms with Crippen LogP contribution in [0.15, 0.2) is 91.0 Å². The Morgan fingerprint density at radius 2 is 1.50 bits per heavy atom. The summed E-state index contributed by atoms with van der Waals surface area (Å²) in [7, 11) is 0. The van der Waals surface area contributed by atoms with Crippen LogP contribution in [0.2, 0.25) is 0 Å². The van der Waals surface area contributed by atoms with Gasteiger partial charge in [-0.25, -0.2) is 0 Å². The Bertz CT molecular complexity index is 1610. The zero-order valence-corrected chi connectivity index (χ0v) is 22.6. The Balaban J connectivity index is 1.14. The van der Waals surface area contributed by atoms with Gasteiger partial charge in [0.1, 0.15) is 5.75 Å². The van der Waals surface area contributed by atoms with Crippen LogP contribution in [-0.4, -0.2) is 36.2 Å². The van der Waals surface area contributed by atoms with Gasteiger partial charge in [-0.15, -0.1) is 13.2 Å². The molecule has 2 N–H and O–H groups in total. The molecule has 0 aromatic heterocycles. The number of benzene rings is 4. The number of amides is 2. The van der Waals surface area contributed by atoms with Crippen molar-refractivity contribution in [3.8, 4) is 16.9 Å². The van der Waals surface area contributed by atoms with Crippen molar-refractivity contribution in [3.63, 3.8) is 0 Å². The minimum atomic E-state index is -4.77. The number of nitrogens with zero attached hydrogens (tertiary/aromatic N) is 1. The summed E-state index contributed by atoms with van der Waals surface area (Å²) in [5.41, 5.74) is 5.20. The molecule has 42 heavy (non-hydrogen) atoms. The lowest BCUT2D eigenvalue weighted by Crippen LogP contribution is -2.38. The molecule has 6 rings (SSSR count). The van der Waals surface area contributed by atoms with Crippen molar-refractivity contribution in [1.29, 1.82) is 0 Å². The predicted octanol–water partition coefficient (Wildman–Crippen LogP) is 7.66. The molecule has 4 aromatic rings. The second-order valence-electron chi connectivity index (χ2n) is 10.6. The normalized spacial score (nSPS) is 15.1. The van der Waals surface area contributed by atoms with Crippen molar-refractivity contribution in [1.82, 2.24) is 4.90 Å². The van der Waals surface area contributed by atoms with E-state index >= 15 is 0 Å². The Kier molecular flexibility index (Phi) is 7.33. The van der Waals surface area contributed by atoms with Crippen molar-refractivity contribution in [3.05, 3.63) is 108 Å². The Morgan fingerprint density at radius 3 is 2.21 bits per heavy atom. The Hall–Kier alpha value is -4.79. The second-order valence-corrected chi connectivity index (χ2v) is 10.6.